The minimum Gasteiger partial charge on any atom is -0.365 e. The normalized spacial score (nSPS) is 19.9. The molecule has 0 spiro atoms. The summed E-state index contributed by atoms with van der Waals surface area (Å²) >= 11 is 3.64. The SMILES string of the molecule is CC1=CC(C)(C)N(C)c2cc3cc4cc5c(cc4c(-c4ccc(Br)cc4)c3cc21)C(C)=CC(C)(C)[NH+]5C. The second-order valence-corrected chi connectivity index (χ2v) is 13.1. The molecule has 37 heavy (non-hydrogen) atoms. The van der Waals surface area contributed by atoms with Crippen molar-refractivity contribution in [3.8, 4) is 11.1 Å². The molecule has 1 N–H and O–H groups in total. The summed E-state index contributed by atoms with van der Waals surface area (Å²) in [6, 6.07) is 21.0. The monoisotopic (exact) mass is 551 g/mol. The Morgan fingerprint density at radius 3 is 2.03 bits per heavy atom. The molecule has 2 aliphatic rings. The van der Waals surface area contributed by atoms with Gasteiger partial charge in [-0.2, -0.15) is 0 Å². The van der Waals surface area contributed by atoms with Gasteiger partial charge in [-0.25, -0.2) is 0 Å². The van der Waals surface area contributed by atoms with Crippen LogP contribution in [0, 0.1) is 0 Å². The number of hydrogen-bond acceptors (Lipinski definition) is 1. The Hall–Kier alpha value is -2.88. The molecule has 0 aliphatic carbocycles. The second-order valence-electron chi connectivity index (χ2n) is 12.2. The van der Waals surface area contributed by atoms with Gasteiger partial charge in [0.15, 0.2) is 0 Å². The Labute approximate surface area is 229 Å². The van der Waals surface area contributed by atoms with Crippen molar-refractivity contribution < 1.29 is 4.90 Å². The first-order chi connectivity index (χ1) is 17.4. The first-order valence-electron chi connectivity index (χ1n) is 13.2. The molecule has 0 bridgehead atoms. The van der Waals surface area contributed by atoms with E-state index in [1.54, 1.807) is 0 Å². The Kier molecular flexibility index (Phi) is 5.33. The third kappa shape index (κ3) is 3.70. The Morgan fingerprint density at radius 2 is 1.35 bits per heavy atom. The van der Waals surface area contributed by atoms with E-state index in [0.717, 1.165) is 4.47 Å². The number of fused-ring (bicyclic) bond motifs is 4. The van der Waals surface area contributed by atoms with Gasteiger partial charge < -0.3 is 4.90 Å². The van der Waals surface area contributed by atoms with E-state index < -0.39 is 0 Å². The van der Waals surface area contributed by atoms with Crippen molar-refractivity contribution in [1.82, 2.24) is 0 Å². The third-order valence-electron chi connectivity index (χ3n) is 8.93. The molecular formula is C34H36BrN2+. The molecule has 0 aromatic heterocycles. The fourth-order valence-electron chi connectivity index (χ4n) is 6.45. The van der Waals surface area contributed by atoms with Gasteiger partial charge in [0.25, 0.3) is 0 Å². The van der Waals surface area contributed by atoms with Crippen LogP contribution in [0.5, 0.6) is 0 Å². The lowest BCUT2D eigenvalue weighted by molar-refractivity contribution is -0.857. The highest BCUT2D eigenvalue weighted by atomic mass is 79.9. The van der Waals surface area contributed by atoms with Crippen LogP contribution in [0.1, 0.15) is 52.7 Å². The van der Waals surface area contributed by atoms with Crippen LogP contribution in [-0.2, 0) is 0 Å². The van der Waals surface area contributed by atoms with Crippen molar-refractivity contribution in [2.75, 3.05) is 19.0 Å². The molecule has 2 heterocycles. The summed E-state index contributed by atoms with van der Waals surface area (Å²) in [5, 5.41) is 5.23. The highest BCUT2D eigenvalue weighted by Crippen LogP contribution is 2.45. The predicted octanol–water partition coefficient (Wildman–Crippen LogP) is 8.40. The van der Waals surface area contributed by atoms with Crippen LogP contribution in [0.2, 0.25) is 0 Å². The summed E-state index contributed by atoms with van der Waals surface area (Å²) in [5.74, 6) is 0. The van der Waals surface area contributed by atoms with Crippen molar-refractivity contribution in [3.63, 3.8) is 0 Å². The first-order valence-corrected chi connectivity index (χ1v) is 14.0. The van der Waals surface area contributed by atoms with Crippen LogP contribution in [-0.4, -0.2) is 25.2 Å². The summed E-state index contributed by atoms with van der Waals surface area (Å²) in [6.07, 6.45) is 4.82. The molecule has 0 fully saturated rings. The van der Waals surface area contributed by atoms with Crippen LogP contribution in [0.3, 0.4) is 0 Å². The maximum absolute atomic E-state index is 3.64. The van der Waals surface area contributed by atoms with Gasteiger partial charge in [-0.1, -0.05) is 34.1 Å². The standard InChI is InChI=1S/C34H35BrN2/c1-20-18-33(3,4)36(7)30-14-23-13-24-15-31-27(21(2)19-34(5,6)37(31)8)17-29(24)32(28(23)16-26(20)30)22-9-11-25(35)12-10-22/h9-19H,1-8H3/p+1. The maximum atomic E-state index is 3.64. The number of nitrogens with zero attached hydrogens (tertiary/aromatic N) is 1. The van der Waals surface area contributed by atoms with E-state index in [4.69, 9.17) is 0 Å². The molecule has 4 aromatic carbocycles. The summed E-state index contributed by atoms with van der Waals surface area (Å²) in [6.45, 7) is 13.8. The highest BCUT2D eigenvalue weighted by Gasteiger charge is 2.34. The molecular weight excluding hydrogens is 516 g/mol. The number of rotatable bonds is 1. The first kappa shape index (κ1) is 24.5. The van der Waals surface area contributed by atoms with Crippen LogP contribution < -0.4 is 9.80 Å². The summed E-state index contributed by atoms with van der Waals surface area (Å²) in [4.78, 5) is 3.85. The van der Waals surface area contributed by atoms with Crippen molar-refractivity contribution in [3.05, 3.63) is 82.3 Å². The minimum absolute atomic E-state index is 0.0171. The molecule has 3 heteroatoms. The number of hydrogen-bond donors (Lipinski definition) is 1. The minimum atomic E-state index is -0.0171. The zero-order chi connectivity index (χ0) is 26.4. The number of allylic oxidation sites excluding steroid dienone is 2. The molecule has 0 saturated heterocycles. The molecule has 0 amide bonds. The largest absolute Gasteiger partial charge is 0.365 e. The molecule has 1 atom stereocenters. The smallest absolute Gasteiger partial charge is 0.139 e. The lowest BCUT2D eigenvalue weighted by Crippen LogP contribution is -3.12. The van der Waals surface area contributed by atoms with E-state index >= 15 is 0 Å². The Balaban J connectivity index is 1.75. The average molecular weight is 553 g/mol. The van der Waals surface area contributed by atoms with Gasteiger partial charge in [-0.05, 0) is 128 Å². The van der Waals surface area contributed by atoms with Gasteiger partial charge in [0, 0.05) is 34.4 Å². The summed E-state index contributed by atoms with van der Waals surface area (Å²) in [5.41, 5.74) is 10.7. The van der Waals surface area contributed by atoms with Gasteiger partial charge in [-0.3, -0.25) is 4.90 Å². The molecule has 2 nitrogen and oxygen atoms in total. The van der Waals surface area contributed by atoms with E-state index in [1.165, 1.54) is 71.2 Å². The van der Waals surface area contributed by atoms with Gasteiger partial charge in [-0.15, -0.1) is 0 Å². The zero-order valence-corrected chi connectivity index (χ0v) is 24.8. The number of halogens is 1. The topological polar surface area (TPSA) is 7.68 Å². The average Bonchev–Trinajstić information content (AvgIpc) is 2.83. The molecule has 2 aliphatic heterocycles. The highest BCUT2D eigenvalue weighted by molar-refractivity contribution is 9.10. The van der Waals surface area contributed by atoms with E-state index in [-0.39, 0.29) is 11.1 Å². The lowest BCUT2D eigenvalue weighted by atomic mass is 9.83. The fraction of sp³-hybridized carbons (Fsp3) is 0.294. The Bertz CT molecular complexity index is 1570. The van der Waals surface area contributed by atoms with Crippen LogP contribution in [0.4, 0.5) is 11.4 Å². The second kappa shape index (κ2) is 8.06. The van der Waals surface area contributed by atoms with E-state index in [9.17, 15) is 0 Å². The molecule has 0 saturated carbocycles. The molecule has 6 rings (SSSR count). The predicted molar refractivity (Wildman–Crippen MR) is 165 cm³/mol. The maximum Gasteiger partial charge on any atom is 0.139 e. The van der Waals surface area contributed by atoms with Crippen LogP contribution in [0.25, 0.3) is 43.8 Å². The van der Waals surface area contributed by atoms with E-state index in [2.05, 4.69) is 143 Å². The number of anilines is 1. The molecule has 4 aromatic rings. The fourth-order valence-corrected chi connectivity index (χ4v) is 6.72. The Morgan fingerprint density at radius 1 is 0.757 bits per heavy atom. The molecule has 1 unspecified atom stereocenters. The van der Waals surface area contributed by atoms with Gasteiger partial charge in [0.05, 0.1) is 12.6 Å². The van der Waals surface area contributed by atoms with Crippen LogP contribution >= 0.6 is 15.9 Å². The number of quaternary nitrogens is 1. The molecule has 188 valence electrons. The zero-order valence-electron chi connectivity index (χ0n) is 23.2. The summed E-state index contributed by atoms with van der Waals surface area (Å²) in [7, 11) is 4.52. The number of nitrogens with one attached hydrogen (secondary N) is 1. The van der Waals surface area contributed by atoms with Crippen molar-refractivity contribution >= 4 is 60.0 Å². The van der Waals surface area contributed by atoms with E-state index in [0.29, 0.717) is 0 Å². The number of benzene rings is 4. The lowest BCUT2D eigenvalue weighted by Gasteiger charge is -2.41. The summed E-state index contributed by atoms with van der Waals surface area (Å²) < 4.78 is 1.10. The van der Waals surface area contributed by atoms with Gasteiger partial charge in [0.2, 0.25) is 0 Å². The van der Waals surface area contributed by atoms with Crippen molar-refractivity contribution in [1.29, 1.82) is 0 Å². The van der Waals surface area contributed by atoms with Gasteiger partial charge in [0.1, 0.15) is 11.2 Å². The van der Waals surface area contributed by atoms with Crippen LogP contribution in [0.15, 0.2) is 71.2 Å². The quantitative estimate of drug-likeness (QED) is 0.233. The van der Waals surface area contributed by atoms with Crippen molar-refractivity contribution in [2.24, 2.45) is 0 Å². The third-order valence-corrected chi connectivity index (χ3v) is 9.46. The van der Waals surface area contributed by atoms with Gasteiger partial charge >= 0.3 is 0 Å². The van der Waals surface area contributed by atoms with Crippen molar-refractivity contribution in [2.45, 2.75) is 52.6 Å². The van der Waals surface area contributed by atoms with E-state index in [1.807, 2.05) is 0 Å². The number of likely N-dealkylation sites (N-methyl/N-ethyl adjacent to an activating group) is 2. The molecule has 0 radical (unpaired) electrons.